The van der Waals surface area contributed by atoms with Gasteiger partial charge in [0.15, 0.2) is 5.23 Å². The Kier molecular flexibility index (Phi) is 5.84. The highest BCUT2D eigenvalue weighted by Gasteiger charge is 2.21. The molecule has 4 rings (SSSR count). The Morgan fingerprint density at radius 3 is 2.63 bits per heavy atom. The van der Waals surface area contributed by atoms with E-state index in [9.17, 15) is 9.00 Å². The molecule has 3 heterocycles. The van der Waals surface area contributed by atoms with Gasteiger partial charge in [0, 0.05) is 73.1 Å². The lowest BCUT2D eigenvalue weighted by atomic mass is 10.2. The van der Waals surface area contributed by atoms with Gasteiger partial charge in [0.05, 0.1) is 16.1 Å². The van der Waals surface area contributed by atoms with Gasteiger partial charge in [0.1, 0.15) is 11.6 Å². The lowest BCUT2D eigenvalue weighted by Crippen LogP contribution is -2.47. The summed E-state index contributed by atoms with van der Waals surface area (Å²) in [6, 6.07) is 10.0. The number of hydrogen-bond acceptors (Lipinski definition) is 6. The Morgan fingerprint density at radius 1 is 1.20 bits per heavy atom. The number of halogens is 1. The Bertz CT molecular complexity index is 1220. The maximum absolute atomic E-state index is 11.9. The van der Waals surface area contributed by atoms with E-state index in [1.165, 1.54) is 6.26 Å². The largest absolute Gasteiger partial charge is 0.354 e. The Labute approximate surface area is 181 Å². The molecule has 0 saturated carbocycles. The van der Waals surface area contributed by atoms with Gasteiger partial charge < -0.3 is 9.47 Å². The summed E-state index contributed by atoms with van der Waals surface area (Å²) in [5, 5.41) is 2.24. The minimum atomic E-state index is -2.49. The molecule has 0 amide bonds. The van der Waals surface area contributed by atoms with Crippen LogP contribution in [0.5, 0.6) is 0 Å². The molecule has 0 N–H and O–H groups in total. The summed E-state index contributed by atoms with van der Waals surface area (Å²) in [7, 11) is -0.500. The fraction of sp³-hybridized carbons (Fsp3) is 0.381. The van der Waals surface area contributed by atoms with Gasteiger partial charge in [-0.15, -0.1) is 0 Å². The lowest BCUT2D eigenvalue weighted by Gasteiger charge is -2.35. The molecule has 1 fully saturated rings. The zero-order chi connectivity index (χ0) is 21.3. The number of fused-ring (bicyclic) bond motifs is 1. The third-order valence-corrected chi connectivity index (χ3v) is 7.15. The number of para-hydroxylation sites is 2. The van der Waals surface area contributed by atoms with Crippen LogP contribution in [0, 0.1) is 0 Å². The molecule has 1 unspecified atom stereocenters. The van der Waals surface area contributed by atoms with Gasteiger partial charge in [-0.25, -0.2) is 14.8 Å². The number of benzene rings is 1. The van der Waals surface area contributed by atoms with Crippen molar-refractivity contribution in [1.82, 2.24) is 19.4 Å². The van der Waals surface area contributed by atoms with Gasteiger partial charge in [-0.1, -0.05) is 23.7 Å². The van der Waals surface area contributed by atoms with Crippen LogP contribution in [0.4, 0.5) is 5.82 Å². The second-order valence-electron chi connectivity index (χ2n) is 7.63. The molecule has 158 valence electrons. The molecule has 0 spiro atoms. The van der Waals surface area contributed by atoms with Crippen LogP contribution in [0.3, 0.4) is 0 Å². The number of aryl methyl sites for hydroxylation is 1. The van der Waals surface area contributed by atoms with Crippen molar-refractivity contribution in [3.8, 4) is 11.4 Å². The molecule has 1 atom stereocenters. The molecule has 2 aromatic heterocycles. The fourth-order valence-corrected chi connectivity index (χ4v) is 4.58. The molecular formula is C21H24ClN5O2S. The van der Waals surface area contributed by atoms with Crippen molar-refractivity contribution < 1.29 is 9.00 Å². The smallest absolute Gasteiger partial charge is 0.185 e. The molecule has 1 aliphatic rings. The summed E-state index contributed by atoms with van der Waals surface area (Å²) in [4.78, 5) is 24.5. The summed E-state index contributed by atoms with van der Waals surface area (Å²) >= 11 is 6.49. The Hall–Kier alpha value is -2.38. The van der Waals surface area contributed by atoms with Crippen molar-refractivity contribution in [3.63, 3.8) is 0 Å². The first-order valence-electron chi connectivity index (χ1n) is 9.78. The van der Waals surface area contributed by atoms with Crippen LogP contribution >= 0.6 is 11.6 Å². The molecule has 7 nitrogen and oxygen atoms in total. The molecule has 30 heavy (non-hydrogen) atoms. The summed E-state index contributed by atoms with van der Waals surface area (Å²) < 4.78 is 13.9. The molecule has 3 aromatic rings. The Morgan fingerprint density at radius 2 is 1.93 bits per heavy atom. The number of carbonyl (C=O) groups excluding carboxylic acids is 1. The van der Waals surface area contributed by atoms with E-state index in [2.05, 4.69) is 14.8 Å². The first kappa shape index (κ1) is 20.9. The average molecular weight is 446 g/mol. The van der Waals surface area contributed by atoms with E-state index < -0.39 is 9.52 Å². The predicted molar refractivity (Wildman–Crippen MR) is 122 cm³/mol. The van der Waals surface area contributed by atoms with E-state index in [0.29, 0.717) is 17.3 Å². The monoisotopic (exact) mass is 445 g/mol. The van der Waals surface area contributed by atoms with Crippen LogP contribution in [0.2, 0.25) is 5.02 Å². The average Bonchev–Trinajstić information content (AvgIpc) is 3.10. The van der Waals surface area contributed by atoms with Gasteiger partial charge in [-0.3, -0.25) is 9.11 Å². The maximum atomic E-state index is 11.9. The van der Waals surface area contributed by atoms with Crippen LogP contribution in [0.15, 0.2) is 36.5 Å². The van der Waals surface area contributed by atoms with Gasteiger partial charge in [-0.2, -0.15) is 0 Å². The molecule has 1 aliphatic heterocycles. The predicted octanol–water partition coefficient (Wildman–Crippen LogP) is 2.39. The van der Waals surface area contributed by atoms with E-state index in [4.69, 9.17) is 16.6 Å². The summed E-state index contributed by atoms with van der Waals surface area (Å²) in [6.45, 7) is 3.87. The van der Waals surface area contributed by atoms with E-state index in [0.717, 1.165) is 54.4 Å². The summed E-state index contributed by atoms with van der Waals surface area (Å²) in [5.74, 6) is 2.03. The van der Waals surface area contributed by atoms with Crippen LogP contribution in [0.1, 0.15) is 0 Å². The van der Waals surface area contributed by atoms with Crippen molar-refractivity contribution in [3.05, 3.63) is 41.6 Å². The number of imidazole rings is 1. The third-order valence-electron chi connectivity index (χ3n) is 5.54. The summed E-state index contributed by atoms with van der Waals surface area (Å²) in [6.07, 6.45) is 3.15. The number of hydrogen-bond donors (Lipinski definition) is 0. The van der Waals surface area contributed by atoms with Gasteiger partial charge in [0.2, 0.25) is 0 Å². The summed E-state index contributed by atoms with van der Waals surface area (Å²) in [5.41, 5.74) is 2.84. The molecule has 0 radical (unpaired) electrons. The van der Waals surface area contributed by atoms with Crippen molar-refractivity contribution in [2.45, 2.75) is 0 Å². The second kappa shape index (κ2) is 8.40. The molecule has 1 saturated heterocycles. The molecule has 0 aliphatic carbocycles. The van der Waals surface area contributed by atoms with E-state index in [1.807, 2.05) is 41.9 Å². The zero-order valence-corrected chi connectivity index (χ0v) is 18.6. The third kappa shape index (κ3) is 4.23. The van der Waals surface area contributed by atoms with Crippen LogP contribution in [-0.2, 0) is 21.4 Å². The maximum Gasteiger partial charge on any atom is 0.185 e. The highest BCUT2D eigenvalue weighted by atomic mass is 35.5. The van der Waals surface area contributed by atoms with Crippen molar-refractivity contribution in [1.29, 1.82) is 0 Å². The van der Waals surface area contributed by atoms with E-state index in [1.54, 1.807) is 11.4 Å². The second-order valence-corrected chi connectivity index (χ2v) is 10.6. The highest BCUT2D eigenvalue weighted by molar-refractivity contribution is 8.00. The van der Waals surface area contributed by atoms with Gasteiger partial charge in [0.25, 0.3) is 0 Å². The van der Waals surface area contributed by atoms with Crippen LogP contribution in [0.25, 0.3) is 22.4 Å². The molecule has 0 bridgehead atoms. The Balaban J connectivity index is 1.52. The first-order chi connectivity index (χ1) is 14.4. The minimum absolute atomic E-state index is 0.354. The van der Waals surface area contributed by atoms with Crippen molar-refractivity contribution >= 4 is 43.2 Å². The van der Waals surface area contributed by atoms with Gasteiger partial charge in [-0.05, 0) is 18.2 Å². The van der Waals surface area contributed by atoms with Gasteiger partial charge >= 0.3 is 0 Å². The molecule has 9 heteroatoms. The zero-order valence-electron chi connectivity index (χ0n) is 17.0. The molecular weight excluding hydrogens is 422 g/mol. The SMILES string of the molecule is Cn1c(-c2cc(N3CCN(CCS(C)(=O)=C=O)CC3)ncc2Cl)nc2ccccc21. The number of rotatable bonds is 5. The number of aromatic nitrogens is 3. The van der Waals surface area contributed by atoms with Crippen molar-refractivity contribution in [2.24, 2.45) is 7.05 Å². The van der Waals surface area contributed by atoms with E-state index in [-0.39, 0.29) is 0 Å². The van der Waals surface area contributed by atoms with Crippen LogP contribution < -0.4 is 4.90 Å². The quantitative estimate of drug-likeness (QED) is 0.561. The lowest BCUT2D eigenvalue weighted by molar-refractivity contribution is 0.272. The molecule has 1 aromatic carbocycles. The normalized spacial score (nSPS) is 17.1. The van der Waals surface area contributed by atoms with E-state index >= 15 is 0 Å². The number of anilines is 1. The number of pyridine rings is 1. The van der Waals surface area contributed by atoms with Crippen molar-refractivity contribution in [2.75, 3.05) is 49.6 Å². The highest BCUT2D eigenvalue weighted by Crippen LogP contribution is 2.31. The number of piperazine rings is 1. The van der Waals surface area contributed by atoms with Crippen LogP contribution in [-0.4, -0.2) is 73.6 Å². The standard InChI is InChI=1S/C21H24ClN5O2S/c1-25-19-6-4-3-5-18(19)24-21(25)16-13-20(23-14-17(16)22)27-9-7-26(8-10-27)11-12-30(2,29)15-28/h3-6,13-14H,7-12H2,1-2H3. The topological polar surface area (TPSA) is 71.3 Å². The minimum Gasteiger partial charge on any atom is -0.354 e. The number of nitrogens with zero attached hydrogens (tertiary/aromatic N) is 5. The fourth-order valence-electron chi connectivity index (χ4n) is 3.70. The first-order valence-corrected chi connectivity index (χ1v) is 12.3.